The van der Waals surface area contributed by atoms with Crippen LogP contribution in [0.25, 0.3) is 0 Å². The van der Waals surface area contributed by atoms with Crippen LogP contribution in [0.15, 0.2) is 0 Å². The summed E-state index contributed by atoms with van der Waals surface area (Å²) in [7, 11) is 0. The predicted octanol–water partition coefficient (Wildman–Crippen LogP) is 0.505. The van der Waals surface area contributed by atoms with Crippen molar-refractivity contribution in [2.75, 3.05) is 39.4 Å². The van der Waals surface area contributed by atoms with E-state index in [0.717, 1.165) is 25.9 Å². The normalized spacial score (nSPS) is 26.3. The van der Waals surface area contributed by atoms with Gasteiger partial charge in [0.15, 0.2) is 0 Å². The number of β-amino-alcohol motifs (C(OH)–C–C–N with tert-alkyl or cyclic N) is 1. The van der Waals surface area contributed by atoms with Gasteiger partial charge in [-0.3, -0.25) is 0 Å². The summed E-state index contributed by atoms with van der Waals surface area (Å²) in [4.78, 5) is 6.24. The summed E-state index contributed by atoms with van der Waals surface area (Å²) in [6, 6.07) is 0. The topological polar surface area (TPSA) is 66.4 Å². The van der Waals surface area contributed by atoms with Crippen LogP contribution in [0.5, 0.6) is 0 Å². The Hall–Kier alpha value is -0.530. The fraction of sp³-hybridized carbons (Fsp3) is 0.800. The van der Waals surface area contributed by atoms with Crippen LogP contribution in [0.3, 0.4) is 0 Å². The average Bonchev–Trinajstić information content (AvgIpc) is 2.78. The number of fused-ring (bicyclic) bond motifs is 1. The first kappa shape index (κ1) is 15.4. The molecule has 1 aromatic rings. The van der Waals surface area contributed by atoms with E-state index in [1.54, 1.807) is 0 Å². The Labute approximate surface area is 130 Å². The van der Waals surface area contributed by atoms with Crippen molar-refractivity contribution < 1.29 is 9.84 Å². The SMILES string of the molecule is OC1(CNCCc2nc3c(s2)CCCC3)CNCCOC1. The van der Waals surface area contributed by atoms with E-state index in [4.69, 9.17) is 9.72 Å². The highest BCUT2D eigenvalue weighted by molar-refractivity contribution is 7.11. The van der Waals surface area contributed by atoms with Gasteiger partial charge in [-0.2, -0.15) is 0 Å². The summed E-state index contributed by atoms with van der Waals surface area (Å²) in [6.07, 6.45) is 5.91. The molecule has 6 heteroatoms. The minimum absolute atomic E-state index is 0.401. The van der Waals surface area contributed by atoms with Crippen molar-refractivity contribution in [3.05, 3.63) is 15.6 Å². The third-order valence-electron chi connectivity index (χ3n) is 4.11. The zero-order valence-electron chi connectivity index (χ0n) is 12.5. The van der Waals surface area contributed by atoms with E-state index in [1.165, 1.54) is 34.8 Å². The monoisotopic (exact) mass is 311 g/mol. The second-order valence-electron chi connectivity index (χ2n) is 6.07. The molecule has 0 aromatic carbocycles. The van der Waals surface area contributed by atoms with E-state index < -0.39 is 5.60 Å². The molecule has 0 amide bonds. The van der Waals surface area contributed by atoms with Crippen molar-refractivity contribution in [2.24, 2.45) is 0 Å². The summed E-state index contributed by atoms with van der Waals surface area (Å²) in [5.41, 5.74) is 0.541. The van der Waals surface area contributed by atoms with Gasteiger partial charge in [-0.15, -0.1) is 11.3 Å². The smallest absolute Gasteiger partial charge is 0.113 e. The summed E-state index contributed by atoms with van der Waals surface area (Å²) >= 11 is 1.87. The van der Waals surface area contributed by atoms with E-state index in [1.807, 2.05) is 11.3 Å². The van der Waals surface area contributed by atoms with Crippen molar-refractivity contribution in [3.63, 3.8) is 0 Å². The summed E-state index contributed by atoms with van der Waals surface area (Å²) in [6.45, 7) is 3.89. The van der Waals surface area contributed by atoms with E-state index >= 15 is 0 Å². The highest BCUT2D eigenvalue weighted by Gasteiger charge is 2.28. The maximum absolute atomic E-state index is 10.4. The maximum Gasteiger partial charge on any atom is 0.113 e. The van der Waals surface area contributed by atoms with Crippen LogP contribution in [0.4, 0.5) is 0 Å². The summed E-state index contributed by atoms with van der Waals surface area (Å²) in [5.74, 6) is 0. The van der Waals surface area contributed by atoms with E-state index in [0.29, 0.717) is 26.3 Å². The van der Waals surface area contributed by atoms with Crippen LogP contribution in [0.1, 0.15) is 28.4 Å². The van der Waals surface area contributed by atoms with Crippen LogP contribution in [-0.2, 0) is 24.0 Å². The van der Waals surface area contributed by atoms with Gasteiger partial charge in [0.1, 0.15) is 5.60 Å². The molecule has 0 saturated carbocycles. The lowest BCUT2D eigenvalue weighted by molar-refractivity contribution is -0.0260. The van der Waals surface area contributed by atoms with Crippen molar-refractivity contribution in [2.45, 2.75) is 37.7 Å². The van der Waals surface area contributed by atoms with Gasteiger partial charge >= 0.3 is 0 Å². The molecule has 0 radical (unpaired) electrons. The van der Waals surface area contributed by atoms with Crippen molar-refractivity contribution in [1.82, 2.24) is 15.6 Å². The van der Waals surface area contributed by atoms with Crippen LogP contribution in [0, 0.1) is 0 Å². The van der Waals surface area contributed by atoms with Gasteiger partial charge < -0.3 is 20.5 Å². The molecule has 2 heterocycles. The Morgan fingerprint density at radius 1 is 1.38 bits per heavy atom. The Morgan fingerprint density at radius 2 is 2.29 bits per heavy atom. The van der Waals surface area contributed by atoms with Crippen molar-refractivity contribution >= 4 is 11.3 Å². The van der Waals surface area contributed by atoms with Gasteiger partial charge in [0.25, 0.3) is 0 Å². The van der Waals surface area contributed by atoms with Crippen molar-refractivity contribution in [3.8, 4) is 0 Å². The number of hydrogen-bond acceptors (Lipinski definition) is 6. The number of nitrogens with zero attached hydrogens (tertiary/aromatic N) is 1. The number of nitrogens with one attached hydrogen (secondary N) is 2. The molecule has 1 aliphatic heterocycles. The molecule has 5 nitrogen and oxygen atoms in total. The number of aryl methyl sites for hydroxylation is 2. The molecule has 3 rings (SSSR count). The van der Waals surface area contributed by atoms with E-state index in [2.05, 4.69) is 10.6 Å². The predicted molar refractivity (Wildman–Crippen MR) is 84.0 cm³/mol. The first-order valence-electron chi connectivity index (χ1n) is 7.94. The second-order valence-corrected chi connectivity index (χ2v) is 7.23. The number of hydrogen-bond donors (Lipinski definition) is 3. The van der Waals surface area contributed by atoms with Crippen LogP contribution >= 0.6 is 11.3 Å². The van der Waals surface area contributed by atoms with Gasteiger partial charge in [-0.1, -0.05) is 0 Å². The van der Waals surface area contributed by atoms with Crippen molar-refractivity contribution in [1.29, 1.82) is 0 Å². The molecule has 118 valence electrons. The molecule has 1 unspecified atom stereocenters. The Bertz CT molecular complexity index is 432. The lowest BCUT2D eigenvalue weighted by atomic mass is 10.0. The van der Waals surface area contributed by atoms with Gasteiger partial charge in [0.2, 0.25) is 0 Å². The quantitative estimate of drug-likeness (QED) is 0.691. The highest BCUT2D eigenvalue weighted by Crippen LogP contribution is 2.26. The summed E-state index contributed by atoms with van der Waals surface area (Å²) < 4.78 is 5.42. The third kappa shape index (κ3) is 4.23. The molecule has 1 fully saturated rings. The number of aromatic nitrogens is 1. The molecule has 0 spiro atoms. The first-order valence-corrected chi connectivity index (χ1v) is 8.76. The molecular weight excluding hydrogens is 286 g/mol. The van der Waals surface area contributed by atoms with Gasteiger partial charge in [0, 0.05) is 37.5 Å². The van der Waals surface area contributed by atoms with E-state index in [9.17, 15) is 5.11 Å². The third-order valence-corrected chi connectivity index (χ3v) is 5.32. The van der Waals surface area contributed by atoms with Gasteiger partial charge in [-0.25, -0.2) is 4.98 Å². The number of rotatable bonds is 5. The number of thiazole rings is 1. The molecule has 1 aliphatic carbocycles. The molecule has 0 bridgehead atoms. The lowest BCUT2D eigenvalue weighted by Gasteiger charge is -2.26. The largest absolute Gasteiger partial charge is 0.385 e. The Balaban J connectivity index is 1.42. The molecule has 2 aliphatic rings. The lowest BCUT2D eigenvalue weighted by Crippen LogP contribution is -2.50. The summed E-state index contributed by atoms with van der Waals surface area (Å²) in [5, 5.41) is 18.2. The van der Waals surface area contributed by atoms with Gasteiger partial charge in [-0.05, 0) is 25.7 Å². The average molecular weight is 311 g/mol. The zero-order chi connectivity index (χ0) is 14.5. The molecule has 21 heavy (non-hydrogen) atoms. The second kappa shape index (κ2) is 7.15. The fourth-order valence-electron chi connectivity index (χ4n) is 2.92. The highest BCUT2D eigenvalue weighted by atomic mass is 32.1. The molecule has 3 N–H and O–H groups in total. The van der Waals surface area contributed by atoms with E-state index in [-0.39, 0.29) is 0 Å². The fourth-order valence-corrected chi connectivity index (χ4v) is 4.08. The zero-order valence-corrected chi connectivity index (χ0v) is 13.3. The Morgan fingerprint density at radius 3 is 3.19 bits per heavy atom. The Kier molecular flexibility index (Phi) is 5.24. The number of ether oxygens (including phenoxy) is 1. The van der Waals surface area contributed by atoms with Gasteiger partial charge in [0.05, 0.1) is 23.9 Å². The van der Waals surface area contributed by atoms with Crippen LogP contribution in [-0.4, -0.2) is 55.1 Å². The first-order chi connectivity index (χ1) is 10.3. The standard InChI is InChI=1S/C15H25N3O2S/c19-15(10-17-7-8-20-11-15)9-16-6-5-14-18-12-3-1-2-4-13(12)21-14/h16-17,19H,1-11H2. The maximum atomic E-state index is 10.4. The number of aliphatic hydroxyl groups is 1. The van der Waals surface area contributed by atoms with Crippen LogP contribution < -0.4 is 10.6 Å². The minimum atomic E-state index is -0.793. The molecule has 1 saturated heterocycles. The molecule has 1 atom stereocenters. The van der Waals surface area contributed by atoms with Crippen LogP contribution in [0.2, 0.25) is 0 Å². The molecular formula is C15H25N3O2S. The molecule has 1 aromatic heterocycles. The minimum Gasteiger partial charge on any atom is -0.385 e.